The number of likely N-dealkylation sites (tertiary alicyclic amines) is 1. The fourth-order valence-corrected chi connectivity index (χ4v) is 2.65. The molecule has 1 N–H and O–H groups in total. The number of nitrogens with one attached hydrogen (secondary N) is 1. The highest BCUT2D eigenvalue weighted by atomic mass is 79.9. The molecule has 104 valence electrons. The van der Waals surface area contributed by atoms with Crippen LogP contribution in [0.4, 0.5) is 0 Å². The summed E-state index contributed by atoms with van der Waals surface area (Å²) in [6.45, 7) is 3.93. The fraction of sp³-hybridized carbons (Fsp3) is 0.533. The van der Waals surface area contributed by atoms with Crippen molar-refractivity contribution < 1.29 is 4.79 Å². The molecule has 0 atom stereocenters. The Hall–Kier alpha value is -0.870. The molecule has 0 unspecified atom stereocenters. The van der Waals surface area contributed by atoms with Crippen molar-refractivity contribution in [2.75, 3.05) is 20.1 Å². The van der Waals surface area contributed by atoms with Crippen molar-refractivity contribution in [3.63, 3.8) is 0 Å². The normalized spacial score (nSPS) is 18.4. The Morgan fingerprint density at radius 1 is 1.32 bits per heavy atom. The average Bonchev–Trinajstić information content (AvgIpc) is 2.42. The number of nitrogens with zero attached hydrogens (tertiary/aromatic N) is 1. The van der Waals surface area contributed by atoms with Gasteiger partial charge in [0.1, 0.15) is 0 Å². The first-order valence-electron chi connectivity index (χ1n) is 6.73. The first kappa shape index (κ1) is 14.5. The molecule has 0 aliphatic carbocycles. The number of carbonyl (C=O) groups excluding carboxylic acids is 1. The summed E-state index contributed by atoms with van der Waals surface area (Å²) >= 11 is 3.41. The molecule has 3 nitrogen and oxygen atoms in total. The van der Waals surface area contributed by atoms with E-state index in [4.69, 9.17) is 0 Å². The lowest BCUT2D eigenvalue weighted by molar-refractivity contribution is -0.132. The highest BCUT2D eigenvalue weighted by Crippen LogP contribution is 2.21. The summed E-state index contributed by atoms with van der Waals surface area (Å²) in [4.78, 5) is 14.2. The second-order valence-corrected chi connectivity index (χ2v) is 6.41. The van der Waals surface area contributed by atoms with E-state index in [-0.39, 0.29) is 11.4 Å². The molecule has 0 saturated carbocycles. The quantitative estimate of drug-likeness (QED) is 0.926. The van der Waals surface area contributed by atoms with Crippen molar-refractivity contribution in [2.24, 2.45) is 0 Å². The molecule has 4 heteroatoms. The minimum absolute atomic E-state index is 0.189. The minimum Gasteiger partial charge on any atom is -0.342 e. The number of hydrogen-bond donors (Lipinski definition) is 1. The number of carbonyl (C=O) groups is 1. The molecule has 0 radical (unpaired) electrons. The van der Waals surface area contributed by atoms with E-state index in [1.54, 1.807) is 0 Å². The molecule has 19 heavy (non-hydrogen) atoms. The van der Waals surface area contributed by atoms with Gasteiger partial charge in [0.05, 0.1) is 6.42 Å². The number of hydrogen-bond acceptors (Lipinski definition) is 2. The van der Waals surface area contributed by atoms with Crippen LogP contribution < -0.4 is 5.32 Å². The summed E-state index contributed by atoms with van der Waals surface area (Å²) in [5.74, 6) is 0.237. The summed E-state index contributed by atoms with van der Waals surface area (Å²) in [6, 6.07) is 7.97. The van der Waals surface area contributed by atoms with Gasteiger partial charge in [0.25, 0.3) is 0 Å². The molecule has 1 heterocycles. The Labute approximate surface area is 123 Å². The van der Waals surface area contributed by atoms with Gasteiger partial charge in [0.15, 0.2) is 0 Å². The topological polar surface area (TPSA) is 32.3 Å². The first-order valence-corrected chi connectivity index (χ1v) is 7.53. The monoisotopic (exact) mass is 324 g/mol. The van der Waals surface area contributed by atoms with Crippen molar-refractivity contribution in [3.05, 3.63) is 34.3 Å². The number of benzene rings is 1. The Kier molecular flexibility index (Phi) is 4.63. The van der Waals surface area contributed by atoms with Crippen LogP contribution in [0.25, 0.3) is 0 Å². The van der Waals surface area contributed by atoms with Gasteiger partial charge >= 0.3 is 0 Å². The summed E-state index contributed by atoms with van der Waals surface area (Å²) in [6.07, 6.45) is 2.55. The minimum atomic E-state index is 0.189. The van der Waals surface area contributed by atoms with Crippen LogP contribution >= 0.6 is 15.9 Å². The Balaban J connectivity index is 1.89. The van der Waals surface area contributed by atoms with Crippen LogP contribution in [0.3, 0.4) is 0 Å². The number of halogens is 1. The van der Waals surface area contributed by atoms with E-state index in [1.807, 2.05) is 36.2 Å². The number of amides is 1. The molecular formula is C15H21BrN2O. The molecule has 1 saturated heterocycles. The summed E-state index contributed by atoms with van der Waals surface area (Å²) < 4.78 is 1.05. The third kappa shape index (κ3) is 3.80. The molecule has 2 rings (SSSR count). The van der Waals surface area contributed by atoms with Crippen LogP contribution in [0.2, 0.25) is 0 Å². The van der Waals surface area contributed by atoms with Crippen molar-refractivity contribution in [3.8, 4) is 0 Å². The number of rotatable bonds is 3. The smallest absolute Gasteiger partial charge is 0.226 e. The second-order valence-electron chi connectivity index (χ2n) is 5.49. The largest absolute Gasteiger partial charge is 0.342 e. The lowest BCUT2D eigenvalue weighted by atomic mass is 9.89. The summed E-state index contributed by atoms with van der Waals surface area (Å²) in [7, 11) is 2.00. The SMILES string of the molecule is CNC1(C)CCN(C(=O)Cc2ccc(Br)cc2)CC1. The molecule has 1 fully saturated rings. The molecule has 1 aliphatic rings. The van der Waals surface area contributed by atoms with Crippen LogP contribution in [-0.4, -0.2) is 36.5 Å². The molecule has 0 bridgehead atoms. The maximum atomic E-state index is 12.2. The predicted molar refractivity (Wildman–Crippen MR) is 81.1 cm³/mol. The fourth-order valence-electron chi connectivity index (χ4n) is 2.39. The van der Waals surface area contributed by atoms with Gasteiger partial charge in [0.2, 0.25) is 5.91 Å². The van der Waals surface area contributed by atoms with E-state index in [2.05, 4.69) is 28.2 Å². The predicted octanol–water partition coefficient (Wildman–Crippen LogP) is 2.59. The van der Waals surface area contributed by atoms with Crippen molar-refractivity contribution in [1.29, 1.82) is 0 Å². The Morgan fingerprint density at radius 2 is 1.89 bits per heavy atom. The maximum Gasteiger partial charge on any atom is 0.226 e. The Bertz CT molecular complexity index is 436. The van der Waals surface area contributed by atoms with Crippen LogP contribution in [0.15, 0.2) is 28.7 Å². The van der Waals surface area contributed by atoms with Gasteiger partial charge in [-0.15, -0.1) is 0 Å². The zero-order chi connectivity index (χ0) is 13.9. The average molecular weight is 325 g/mol. The van der Waals surface area contributed by atoms with Crippen LogP contribution in [-0.2, 0) is 11.2 Å². The van der Waals surface area contributed by atoms with E-state index in [0.29, 0.717) is 6.42 Å². The van der Waals surface area contributed by atoms with Gasteiger partial charge < -0.3 is 10.2 Å². The van der Waals surface area contributed by atoms with Crippen molar-refractivity contribution >= 4 is 21.8 Å². The van der Waals surface area contributed by atoms with Crippen molar-refractivity contribution in [2.45, 2.75) is 31.7 Å². The molecule has 0 aromatic heterocycles. The lowest BCUT2D eigenvalue weighted by Crippen LogP contribution is -2.51. The maximum absolute atomic E-state index is 12.2. The first-order chi connectivity index (χ1) is 9.02. The van der Waals surface area contributed by atoms with Gasteiger partial charge in [-0.25, -0.2) is 0 Å². The lowest BCUT2D eigenvalue weighted by Gasteiger charge is -2.39. The van der Waals surface area contributed by atoms with E-state index in [1.165, 1.54) is 0 Å². The zero-order valence-corrected chi connectivity index (χ0v) is 13.2. The van der Waals surface area contributed by atoms with Crippen LogP contribution in [0, 0.1) is 0 Å². The third-order valence-corrected chi connectivity index (χ3v) is 4.62. The molecule has 1 aromatic rings. The van der Waals surface area contributed by atoms with E-state index in [9.17, 15) is 4.79 Å². The third-order valence-electron chi connectivity index (χ3n) is 4.09. The zero-order valence-electron chi connectivity index (χ0n) is 11.6. The highest BCUT2D eigenvalue weighted by Gasteiger charge is 2.30. The molecule has 1 aromatic carbocycles. The molecular weight excluding hydrogens is 304 g/mol. The van der Waals surface area contributed by atoms with Gasteiger partial charge in [-0.2, -0.15) is 0 Å². The Morgan fingerprint density at radius 3 is 2.42 bits per heavy atom. The van der Waals surface area contributed by atoms with E-state index in [0.717, 1.165) is 36.0 Å². The molecule has 1 aliphatic heterocycles. The molecule has 0 spiro atoms. The number of piperidine rings is 1. The standard InChI is InChI=1S/C15H21BrN2O/c1-15(17-2)7-9-18(10-8-15)14(19)11-12-3-5-13(16)6-4-12/h3-6,17H,7-11H2,1-2H3. The van der Waals surface area contributed by atoms with E-state index < -0.39 is 0 Å². The van der Waals surface area contributed by atoms with E-state index >= 15 is 0 Å². The van der Waals surface area contributed by atoms with Gasteiger partial charge in [-0.05, 0) is 44.5 Å². The van der Waals surface area contributed by atoms with Gasteiger partial charge in [-0.1, -0.05) is 28.1 Å². The summed E-state index contributed by atoms with van der Waals surface area (Å²) in [5, 5.41) is 3.35. The second kappa shape index (κ2) is 6.06. The van der Waals surface area contributed by atoms with Crippen molar-refractivity contribution in [1.82, 2.24) is 10.2 Å². The van der Waals surface area contributed by atoms with Crippen LogP contribution in [0.5, 0.6) is 0 Å². The van der Waals surface area contributed by atoms with Gasteiger partial charge in [-0.3, -0.25) is 4.79 Å². The van der Waals surface area contributed by atoms with Gasteiger partial charge in [0, 0.05) is 23.1 Å². The summed E-state index contributed by atoms with van der Waals surface area (Å²) in [5.41, 5.74) is 1.27. The van der Waals surface area contributed by atoms with Crippen LogP contribution in [0.1, 0.15) is 25.3 Å². The molecule has 1 amide bonds. The highest BCUT2D eigenvalue weighted by molar-refractivity contribution is 9.10.